The smallest absolute Gasteiger partial charge is 0.290 e. The number of ketones is 1. The van der Waals surface area contributed by atoms with Crippen molar-refractivity contribution in [3.8, 4) is 11.8 Å². The minimum absolute atomic E-state index is 0.0602. The van der Waals surface area contributed by atoms with Gasteiger partial charge in [-0.2, -0.15) is 0 Å². The molecular formula is C21H12N2O4S. The maximum atomic E-state index is 11.7. The summed E-state index contributed by atoms with van der Waals surface area (Å²) in [7, 11) is 0. The maximum absolute atomic E-state index is 11.7. The number of pyridine rings is 1. The molecule has 2 amide bonds. The lowest BCUT2D eigenvalue weighted by Gasteiger charge is -1.98. The van der Waals surface area contributed by atoms with E-state index in [1.165, 1.54) is 13.0 Å². The van der Waals surface area contributed by atoms with Gasteiger partial charge in [-0.3, -0.25) is 24.7 Å². The zero-order valence-corrected chi connectivity index (χ0v) is 15.4. The van der Waals surface area contributed by atoms with Gasteiger partial charge in [0.2, 0.25) is 0 Å². The Kier molecular flexibility index (Phi) is 4.55. The standard InChI is InChI=1S/C21H12N2O4S/c1-12(24)17-5-3-2-4-13(17)6-7-14-10-22-11-15-8-16(27-19(14)15)9-18-20(25)23-21(26)28-18/h2-5,8-11H,1H3,(H,23,25,26). The summed E-state index contributed by atoms with van der Waals surface area (Å²) in [5.41, 5.74) is 2.25. The van der Waals surface area contributed by atoms with Crippen molar-refractivity contribution in [2.75, 3.05) is 0 Å². The molecular weight excluding hydrogens is 376 g/mol. The summed E-state index contributed by atoms with van der Waals surface area (Å²) in [5.74, 6) is 5.91. The van der Waals surface area contributed by atoms with Crippen molar-refractivity contribution in [3.05, 3.63) is 70.1 Å². The van der Waals surface area contributed by atoms with E-state index < -0.39 is 11.1 Å². The molecule has 1 aliphatic rings. The topological polar surface area (TPSA) is 89.3 Å². The highest BCUT2D eigenvalue weighted by atomic mass is 32.2. The molecule has 1 fully saturated rings. The molecule has 28 heavy (non-hydrogen) atoms. The molecule has 2 aromatic heterocycles. The number of amides is 2. The Labute approximate surface area is 164 Å². The van der Waals surface area contributed by atoms with Crippen molar-refractivity contribution in [2.45, 2.75) is 6.92 Å². The summed E-state index contributed by atoms with van der Waals surface area (Å²) >= 11 is 0.820. The monoisotopic (exact) mass is 388 g/mol. The van der Waals surface area contributed by atoms with E-state index in [9.17, 15) is 14.4 Å². The SMILES string of the molecule is CC(=O)c1ccccc1C#Cc1cncc2cc(C=C3SC(=O)NC3=O)oc12. The third-order valence-electron chi connectivity index (χ3n) is 4.00. The van der Waals surface area contributed by atoms with Gasteiger partial charge in [0.15, 0.2) is 11.4 Å². The summed E-state index contributed by atoms with van der Waals surface area (Å²) in [4.78, 5) is 39.1. The van der Waals surface area contributed by atoms with Crippen LogP contribution in [-0.4, -0.2) is 21.9 Å². The Morgan fingerprint density at radius 3 is 2.71 bits per heavy atom. The van der Waals surface area contributed by atoms with E-state index >= 15 is 0 Å². The third kappa shape index (κ3) is 3.46. The van der Waals surface area contributed by atoms with Crippen LogP contribution in [0.15, 0.2) is 52.0 Å². The van der Waals surface area contributed by atoms with Gasteiger partial charge in [0.05, 0.1) is 10.5 Å². The number of furan rings is 1. The second-order valence-corrected chi connectivity index (χ2v) is 6.97. The number of imide groups is 1. The van der Waals surface area contributed by atoms with Crippen LogP contribution in [0.4, 0.5) is 4.79 Å². The summed E-state index contributed by atoms with van der Waals surface area (Å²) in [6.07, 6.45) is 4.71. The number of nitrogens with zero attached hydrogens (tertiary/aromatic N) is 1. The molecule has 0 saturated carbocycles. The maximum Gasteiger partial charge on any atom is 0.290 e. The Morgan fingerprint density at radius 2 is 1.96 bits per heavy atom. The zero-order valence-electron chi connectivity index (χ0n) is 14.6. The van der Waals surface area contributed by atoms with Gasteiger partial charge in [-0.15, -0.1) is 0 Å². The number of nitrogens with one attached hydrogen (secondary N) is 1. The molecule has 1 aromatic carbocycles. The first-order valence-corrected chi connectivity index (χ1v) is 9.07. The van der Waals surface area contributed by atoms with Gasteiger partial charge in [-0.05, 0) is 30.8 Å². The molecule has 136 valence electrons. The minimum atomic E-state index is -0.450. The molecule has 1 saturated heterocycles. The Morgan fingerprint density at radius 1 is 1.18 bits per heavy atom. The van der Waals surface area contributed by atoms with E-state index in [1.54, 1.807) is 36.7 Å². The normalized spacial score (nSPS) is 14.8. The van der Waals surface area contributed by atoms with E-state index in [0.717, 1.165) is 11.8 Å². The molecule has 0 bridgehead atoms. The van der Waals surface area contributed by atoms with Crippen molar-refractivity contribution in [1.82, 2.24) is 10.3 Å². The number of hydrogen-bond donors (Lipinski definition) is 1. The molecule has 0 spiro atoms. The number of carbonyl (C=O) groups is 3. The molecule has 1 N–H and O–H groups in total. The predicted molar refractivity (Wildman–Crippen MR) is 106 cm³/mol. The Hall–Kier alpha value is -3.63. The average molecular weight is 388 g/mol. The van der Waals surface area contributed by atoms with Gasteiger partial charge in [-0.25, -0.2) is 0 Å². The van der Waals surface area contributed by atoms with Crippen LogP contribution in [0.25, 0.3) is 17.0 Å². The van der Waals surface area contributed by atoms with Crippen molar-refractivity contribution >= 4 is 45.7 Å². The lowest BCUT2D eigenvalue weighted by Crippen LogP contribution is -2.17. The van der Waals surface area contributed by atoms with Gasteiger partial charge in [-0.1, -0.05) is 30.0 Å². The van der Waals surface area contributed by atoms with Crippen LogP contribution < -0.4 is 5.32 Å². The summed E-state index contributed by atoms with van der Waals surface area (Å²) in [5, 5.41) is 2.50. The minimum Gasteiger partial charge on any atom is -0.455 e. The Balaban J connectivity index is 1.74. The fourth-order valence-electron chi connectivity index (χ4n) is 2.73. The fourth-order valence-corrected chi connectivity index (χ4v) is 3.39. The van der Waals surface area contributed by atoms with E-state index in [0.29, 0.717) is 33.4 Å². The molecule has 0 aliphatic carbocycles. The fraction of sp³-hybridized carbons (Fsp3) is 0.0476. The lowest BCUT2D eigenvalue weighted by atomic mass is 10.0. The van der Waals surface area contributed by atoms with Crippen LogP contribution in [0.3, 0.4) is 0 Å². The van der Waals surface area contributed by atoms with Gasteiger partial charge in [0.1, 0.15) is 5.76 Å². The van der Waals surface area contributed by atoms with E-state index in [4.69, 9.17) is 4.42 Å². The van der Waals surface area contributed by atoms with Crippen LogP contribution in [0.1, 0.15) is 34.2 Å². The number of carbonyl (C=O) groups excluding carboxylic acids is 3. The summed E-state index contributed by atoms with van der Waals surface area (Å²) < 4.78 is 5.82. The number of rotatable bonds is 2. The first-order chi connectivity index (χ1) is 13.5. The number of aromatic nitrogens is 1. The van der Waals surface area contributed by atoms with Crippen molar-refractivity contribution in [2.24, 2.45) is 0 Å². The number of hydrogen-bond acceptors (Lipinski definition) is 6. The average Bonchev–Trinajstić information content (AvgIpc) is 3.22. The van der Waals surface area contributed by atoms with E-state index in [2.05, 4.69) is 22.1 Å². The highest BCUT2D eigenvalue weighted by Gasteiger charge is 2.25. The molecule has 3 heterocycles. The molecule has 0 radical (unpaired) electrons. The largest absolute Gasteiger partial charge is 0.455 e. The number of benzene rings is 1. The molecule has 1 aliphatic heterocycles. The van der Waals surface area contributed by atoms with Crippen LogP contribution in [0.5, 0.6) is 0 Å². The van der Waals surface area contributed by atoms with E-state index in [1.807, 2.05) is 6.07 Å². The first-order valence-electron chi connectivity index (χ1n) is 8.25. The summed E-state index contributed by atoms with van der Waals surface area (Å²) in [6, 6.07) is 8.84. The van der Waals surface area contributed by atoms with Gasteiger partial charge >= 0.3 is 0 Å². The number of thioether (sulfide) groups is 1. The molecule has 0 atom stereocenters. The quantitative estimate of drug-likeness (QED) is 0.409. The first kappa shape index (κ1) is 17.8. The number of fused-ring (bicyclic) bond motifs is 1. The van der Waals surface area contributed by atoms with Crippen molar-refractivity contribution < 1.29 is 18.8 Å². The number of Topliss-reactive ketones (excluding diaryl/α,β-unsaturated/α-hetero) is 1. The Bertz CT molecular complexity index is 1240. The van der Waals surface area contributed by atoms with Crippen LogP contribution in [0.2, 0.25) is 0 Å². The second kappa shape index (κ2) is 7.18. The highest BCUT2D eigenvalue weighted by Crippen LogP contribution is 2.28. The van der Waals surface area contributed by atoms with Crippen molar-refractivity contribution in [1.29, 1.82) is 0 Å². The second-order valence-electron chi connectivity index (χ2n) is 5.96. The van der Waals surface area contributed by atoms with Crippen LogP contribution in [0, 0.1) is 11.8 Å². The molecule has 3 aromatic rings. The van der Waals surface area contributed by atoms with Gasteiger partial charge in [0, 0.05) is 35.0 Å². The van der Waals surface area contributed by atoms with E-state index in [-0.39, 0.29) is 10.7 Å². The third-order valence-corrected chi connectivity index (χ3v) is 4.81. The van der Waals surface area contributed by atoms with Crippen molar-refractivity contribution in [3.63, 3.8) is 0 Å². The summed E-state index contributed by atoms with van der Waals surface area (Å²) in [6.45, 7) is 1.50. The molecule has 0 unspecified atom stereocenters. The van der Waals surface area contributed by atoms with Gasteiger partial charge in [0.25, 0.3) is 11.1 Å². The van der Waals surface area contributed by atoms with Gasteiger partial charge < -0.3 is 4.42 Å². The molecule has 4 rings (SSSR count). The molecule has 7 heteroatoms. The zero-order chi connectivity index (χ0) is 19.7. The van der Waals surface area contributed by atoms with Crippen LogP contribution >= 0.6 is 11.8 Å². The molecule has 6 nitrogen and oxygen atoms in total. The van der Waals surface area contributed by atoms with Crippen LogP contribution in [-0.2, 0) is 4.79 Å². The highest BCUT2D eigenvalue weighted by molar-refractivity contribution is 8.18. The predicted octanol–water partition coefficient (Wildman–Crippen LogP) is 3.75. The lowest BCUT2D eigenvalue weighted by molar-refractivity contribution is -0.115.